The minimum Gasteiger partial charge on any atom is -0.427 e. The van der Waals surface area contributed by atoms with E-state index in [0.717, 1.165) is 5.56 Å². The molecule has 1 N–H and O–H groups in total. The molecule has 0 fully saturated rings. The van der Waals surface area contributed by atoms with E-state index >= 15 is 0 Å². The lowest BCUT2D eigenvalue weighted by molar-refractivity contribution is -0.131. The van der Waals surface area contributed by atoms with Crippen molar-refractivity contribution in [3.05, 3.63) is 48.3 Å². The van der Waals surface area contributed by atoms with Crippen molar-refractivity contribution in [2.45, 2.75) is 12.1 Å². The van der Waals surface area contributed by atoms with Crippen LogP contribution in [0.2, 0.25) is 0 Å². The quantitative estimate of drug-likeness (QED) is 0.216. The van der Waals surface area contributed by atoms with Crippen LogP contribution in [0.5, 0.6) is 5.75 Å². The van der Waals surface area contributed by atoms with Gasteiger partial charge in [-0.25, -0.2) is 15.4 Å². The number of nitrogens with one attached hydrogen (secondary N) is 1. The molecule has 0 unspecified atom stereocenters. The fraction of sp³-hybridized carbons (Fsp3) is 0.133. The molecule has 0 aliphatic heterocycles. The molecule has 23 heavy (non-hydrogen) atoms. The number of ether oxygens (including phenoxy) is 1. The first-order valence-corrected chi connectivity index (χ1v) is 7.62. The molecule has 1 aromatic carbocycles. The van der Waals surface area contributed by atoms with Crippen LogP contribution < -0.4 is 10.2 Å². The number of esters is 1. The molecule has 7 nitrogen and oxygen atoms in total. The maximum atomic E-state index is 11.6. The molecule has 8 heteroatoms. The fourth-order valence-corrected chi connectivity index (χ4v) is 2.08. The fourth-order valence-electron chi connectivity index (χ4n) is 1.49. The van der Waals surface area contributed by atoms with Gasteiger partial charge in [0.25, 0.3) is 5.91 Å². The van der Waals surface area contributed by atoms with Crippen molar-refractivity contribution in [1.29, 1.82) is 0 Å². The third-order valence-corrected chi connectivity index (χ3v) is 3.29. The predicted molar refractivity (Wildman–Crippen MR) is 86.2 cm³/mol. The molecule has 1 heterocycles. The van der Waals surface area contributed by atoms with E-state index in [1.807, 2.05) is 0 Å². The Hall–Kier alpha value is -2.74. The average Bonchev–Trinajstić information content (AvgIpc) is 2.55. The number of nitrogens with zero attached hydrogens (tertiary/aromatic N) is 3. The molecule has 118 valence electrons. The topological polar surface area (TPSA) is 93.5 Å². The number of hydrogen-bond donors (Lipinski definition) is 1. The number of carbonyl (C=O) groups excluding carboxylic acids is 2. The number of rotatable bonds is 6. The van der Waals surface area contributed by atoms with Crippen LogP contribution in [0, 0.1) is 0 Å². The van der Waals surface area contributed by atoms with Crippen molar-refractivity contribution in [2.24, 2.45) is 5.10 Å². The lowest BCUT2D eigenvalue weighted by Gasteiger charge is -2.01. The summed E-state index contributed by atoms with van der Waals surface area (Å²) in [6, 6.07) is 8.45. The highest BCUT2D eigenvalue weighted by molar-refractivity contribution is 7.99. The Morgan fingerprint density at radius 1 is 1.26 bits per heavy atom. The summed E-state index contributed by atoms with van der Waals surface area (Å²) in [5.41, 5.74) is 3.18. The van der Waals surface area contributed by atoms with Crippen molar-refractivity contribution in [1.82, 2.24) is 15.4 Å². The molecule has 0 radical (unpaired) electrons. The van der Waals surface area contributed by atoms with Gasteiger partial charge in [0, 0.05) is 19.3 Å². The Labute approximate surface area is 137 Å². The zero-order chi connectivity index (χ0) is 16.5. The van der Waals surface area contributed by atoms with Gasteiger partial charge in [0.2, 0.25) is 0 Å². The van der Waals surface area contributed by atoms with Gasteiger partial charge in [-0.3, -0.25) is 9.59 Å². The number of hydrogen-bond acceptors (Lipinski definition) is 7. The normalized spacial score (nSPS) is 10.5. The van der Waals surface area contributed by atoms with Crippen LogP contribution in [0.15, 0.2) is 53.0 Å². The largest absolute Gasteiger partial charge is 0.427 e. The van der Waals surface area contributed by atoms with Gasteiger partial charge in [-0.15, -0.1) is 0 Å². The highest BCUT2D eigenvalue weighted by Crippen LogP contribution is 2.11. The van der Waals surface area contributed by atoms with E-state index in [-0.39, 0.29) is 17.6 Å². The molecule has 2 aromatic rings. The van der Waals surface area contributed by atoms with E-state index in [9.17, 15) is 9.59 Å². The Morgan fingerprint density at radius 3 is 2.61 bits per heavy atom. The Kier molecular flexibility index (Phi) is 6.25. The van der Waals surface area contributed by atoms with Crippen LogP contribution in [0.3, 0.4) is 0 Å². The molecule has 0 bridgehead atoms. The lowest BCUT2D eigenvalue weighted by Crippen LogP contribution is -2.19. The number of amides is 1. The summed E-state index contributed by atoms with van der Waals surface area (Å²) >= 11 is 1.23. The summed E-state index contributed by atoms with van der Waals surface area (Å²) in [6.07, 6.45) is 4.73. The first kappa shape index (κ1) is 16.6. The van der Waals surface area contributed by atoms with Crippen molar-refractivity contribution < 1.29 is 14.3 Å². The van der Waals surface area contributed by atoms with Crippen LogP contribution in [0.1, 0.15) is 12.5 Å². The van der Waals surface area contributed by atoms with E-state index in [1.54, 1.807) is 42.7 Å². The summed E-state index contributed by atoms with van der Waals surface area (Å²) in [5, 5.41) is 4.39. The van der Waals surface area contributed by atoms with Gasteiger partial charge in [0.1, 0.15) is 5.75 Å². The van der Waals surface area contributed by atoms with E-state index in [4.69, 9.17) is 4.74 Å². The molecular formula is C15H14N4O3S. The van der Waals surface area contributed by atoms with E-state index in [1.165, 1.54) is 24.9 Å². The second-order valence-electron chi connectivity index (χ2n) is 4.28. The number of carbonyl (C=O) groups is 2. The summed E-state index contributed by atoms with van der Waals surface area (Å²) in [5.74, 6) is -0.000941. The Balaban J connectivity index is 1.77. The highest BCUT2D eigenvalue weighted by Gasteiger charge is 2.03. The van der Waals surface area contributed by atoms with E-state index in [2.05, 4.69) is 20.5 Å². The van der Waals surface area contributed by atoms with Crippen molar-refractivity contribution in [3.63, 3.8) is 0 Å². The monoisotopic (exact) mass is 330 g/mol. The number of hydrazone groups is 1. The van der Waals surface area contributed by atoms with Crippen molar-refractivity contribution in [3.8, 4) is 5.75 Å². The van der Waals surface area contributed by atoms with Crippen molar-refractivity contribution in [2.75, 3.05) is 5.75 Å². The summed E-state index contributed by atoms with van der Waals surface area (Å²) in [7, 11) is 0. The summed E-state index contributed by atoms with van der Waals surface area (Å²) < 4.78 is 4.92. The molecule has 0 aliphatic rings. The standard InChI is InChI=1S/C15H14N4O3S/c1-11(20)22-13-5-3-12(4-6-13)9-18-19-14(21)10-23-15-16-7-2-8-17-15/h2-9H,10H2,1H3,(H,19,21)/b18-9-. The molecule has 1 aromatic heterocycles. The Bertz CT molecular complexity index is 690. The molecule has 0 atom stereocenters. The van der Waals surface area contributed by atoms with Crippen LogP contribution in [0.4, 0.5) is 0 Å². The molecule has 1 amide bonds. The van der Waals surface area contributed by atoms with Crippen LogP contribution >= 0.6 is 11.8 Å². The second-order valence-corrected chi connectivity index (χ2v) is 5.22. The molecular weight excluding hydrogens is 316 g/mol. The maximum absolute atomic E-state index is 11.6. The predicted octanol–water partition coefficient (Wildman–Crippen LogP) is 1.64. The Morgan fingerprint density at radius 2 is 1.96 bits per heavy atom. The summed E-state index contributed by atoms with van der Waals surface area (Å²) in [6.45, 7) is 1.34. The SMILES string of the molecule is CC(=O)Oc1ccc(/C=N\NC(=O)CSc2ncccn2)cc1. The lowest BCUT2D eigenvalue weighted by atomic mass is 10.2. The van der Waals surface area contributed by atoms with Gasteiger partial charge in [-0.1, -0.05) is 11.8 Å². The minimum absolute atomic E-state index is 0.173. The molecule has 0 saturated carbocycles. The van der Waals surface area contributed by atoms with E-state index < -0.39 is 0 Å². The van der Waals surface area contributed by atoms with Gasteiger partial charge in [0.05, 0.1) is 12.0 Å². The van der Waals surface area contributed by atoms with Gasteiger partial charge < -0.3 is 4.74 Å². The second kappa shape index (κ2) is 8.64. The number of thioether (sulfide) groups is 1. The van der Waals surface area contributed by atoms with Gasteiger partial charge >= 0.3 is 5.97 Å². The molecule has 0 spiro atoms. The van der Waals surface area contributed by atoms with Crippen LogP contribution in [0.25, 0.3) is 0 Å². The zero-order valence-electron chi connectivity index (χ0n) is 12.3. The third kappa shape index (κ3) is 6.27. The smallest absolute Gasteiger partial charge is 0.308 e. The summed E-state index contributed by atoms with van der Waals surface area (Å²) in [4.78, 5) is 30.4. The maximum Gasteiger partial charge on any atom is 0.308 e. The van der Waals surface area contributed by atoms with Crippen molar-refractivity contribution >= 4 is 29.9 Å². The highest BCUT2D eigenvalue weighted by atomic mass is 32.2. The van der Waals surface area contributed by atoms with Gasteiger partial charge in [0.15, 0.2) is 5.16 Å². The minimum atomic E-state index is -0.376. The van der Waals surface area contributed by atoms with Crippen LogP contribution in [-0.2, 0) is 9.59 Å². The number of aromatic nitrogens is 2. The molecule has 0 aliphatic carbocycles. The van der Waals surface area contributed by atoms with Gasteiger partial charge in [-0.2, -0.15) is 5.10 Å². The molecule has 2 rings (SSSR count). The first-order chi connectivity index (χ1) is 11.1. The number of benzene rings is 1. The van der Waals surface area contributed by atoms with Crippen LogP contribution in [-0.4, -0.2) is 33.8 Å². The van der Waals surface area contributed by atoms with Gasteiger partial charge in [-0.05, 0) is 35.9 Å². The zero-order valence-corrected chi connectivity index (χ0v) is 13.1. The molecule has 0 saturated heterocycles. The third-order valence-electron chi connectivity index (χ3n) is 2.42. The van der Waals surface area contributed by atoms with E-state index in [0.29, 0.717) is 10.9 Å². The average molecular weight is 330 g/mol. The first-order valence-electron chi connectivity index (χ1n) is 6.63.